The molecule has 0 saturated carbocycles. The van der Waals surface area contributed by atoms with Gasteiger partial charge in [0.25, 0.3) is 5.91 Å². The second-order valence-corrected chi connectivity index (χ2v) is 7.06. The molecule has 1 atom stereocenters. The lowest BCUT2D eigenvalue weighted by molar-refractivity contribution is 0.0920. The minimum atomic E-state index is -0.236. The number of nitrogens with one attached hydrogen (secondary N) is 1. The number of rotatable bonds is 6. The topological polar surface area (TPSA) is 64.4 Å². The van der Waals surface area contributed by atoms with Crippen molar-refractivity contribution in [2.75, 3.05) is 13.7 Å². The molecule has 5 nitrogen and oxygen atoms in total. The van der Waals surface area contributed by atoms with E-state index in [0.29, 0.717) is 12.4 Å². The van der Waals surface area contributed by atoms with E-state index in [1.54, 1.807) is 13.2 Å². The number of carbonyl (C=O) groups excluding carboxylic acids is 1. The van der Waals surface area contributed by atoms with Crippen LogP contribution >= 0.6 is 0 Å². The van der Waals surface area contributed by atoms with E-state index in [4.69, 9.17) is 9.26 Å². The Labute approximate surface area is 143 Å². The van der Waals surface area contributed by atoms with Crippen LogP contribution in [0.2, 0.25) is 0 Å². The van der Waals surface area contributed by atoms with Crippen molar-refractivity contribution in [1.82, 2.24) is 10.5 Å². The molecule has 0 bridgehead atoms. The predicted octanol–water partition coefficient (Wildman–Crippen LogP) is 3.79. The summed E-state index contributed by atoms with van der Waals surface area (Å²) in [7, 11) is 1.64. The summed E-state index contributed by atoms with van der Waals surface area (Å²) < 4.78 is 10.3. The van der Waals surface area contributed by atoms with Crippen molar-refractivity contribution >= 4 is 5.91 Å². The van der Waals surface area contributed by atoms with Crippen LogP contribution in [0.3, 0.4) is 0 Å². The molecule has 5 heteroatoms. The Morgan fingerprint density at radius 2 is 1.96 bits per heavy atom. The average Bonchev–Trinajstić information content (AvgIpc) is 3.02. The SMILES string of the molecule is COCCC(C)NC(=O)c1cc(-c2ccc(C(C)(C)C)cc2)on1. The summed E-state index contributed by atoms with van der Waals surface area (Å²) >= 11 is 0. The van der Waals surface area contributed by atoms with Gasteiger partial charge in [0.2, 0.25) is 0 Å². The van der Waals surface area contributed by atoms with Gasteiger partial charge in [-0.05, 0) is 24.3 Å². The highest BCUT2D eigenvalue weighted by Crippen LogP contribution is 2.26. The standard InChI is InChI=1S/C19H26N2O3/c1-13(10-11-23-5)20-18(22)16-12-17(24-21-16)14-6-8-15(9-7-14)19(2,3)4/h6-9,12-13H,10-11H2,1-5H3,(H,20,22). The molecule has 24 heavy (non-hydrogen) atoms. The van der Waals surface area contributed by atoms with E-state index in [2.05, 4.69) is 43.4 Å². The largest absolute Gasteiger partial charge is 0.385 e. The lowest BCUT2D eigenvalue weighted by atomic mass is 9.86. The van der Waals surface area contributed by atoms with E-state index in [1.165, 1.54) is 5.56 Å². The number of benzene rings is 1. The van der Waals surface area contributed by atoms with Crippen molar-refractivity contribution in [2.45, 2.75) is 45.6 Å². The van der Waals surface area contributed by atoms with Gasteiger partial charge in [-0.2, -0.15) is 0 Å². The minimum absolute atomic E-state index is 0.0173. The molecule has 1 N–H and O–H groups in total. The van der Waals surface area contributed by atoms with Crippen LogP contribution in [0.5, 0.6) is 0 Å². The Bertz CT molecular complexity index is 669. The zero-order valence-electron chi connectivity index (χ0n) is 15.1. The van der Waals surface area contributed by atoms with Crippen molar-refractivity contribution in [3.8, 4) is 11.3 Å². The van der Waals surface area contributed by atoms with Gasteiger partial charge in [0, 0.05) is 31.4 Å². The third kappa shape index (κ3) is 4.68. The molecule has 2 aromatic rings. The maximum atomic E-state index is 12.2. The number of amides is 1. The molecule has 0 aliphatic carbocycles. The molecule has 0 spiro atoms. The molecule has 2 rings (SSSR count). The van der Waals surface area contributed by atoms with Crippen LogP contribution in [0.15, 0.2) is 34.9 Å². The predicted molar refractivity (Wildman–Crippen MR) is 94.1 cm³/mol. The maximum absolute atomic E-state index is 12.2. The van der Waals surface area contributed by atoms with Gasteiger partial charge in [-0.15, -0.1) is 0 Å². The van der Waals surface area contributed by atoms with E-state index in [1.807, 2.05) is 19.1 Å². The zero-order chi connectivity index (χ0) is 17.7. The molecule has 1 unspecified atom stereocenters. The van der Waals surface area contributed by atoms with E-state index >= 15 is 0 Å². The van der Waals surface area contributed by atoms with E-state index in [9.17, 15) is 4.79 Å². The first-order valence-corrected chi connectivity index (χ1v) is 8.18. The van der Waals surface area contributed by atoms with Crippen LogP contribution in [0, 0.1) is 0 Å². The van der Waals surface area contributed by atoms with Crippen LogP contribution in [0.1, 0.15) is 50.2 Å². The van der Waals surface area contributed by atoms with Crippen molar-refractivity contribution in [1.29, 1.82) is 0 Å². The molecule has 1 aromatic carbocycles. The fraction of sp³-hybridized carbons (Fsp3) is 0.474. The van der Waals surface area contributed by atoms with Gasteiger partial charge in [0.15, 0.2) is 11.5 Å². The molecular weight excluding hydrogens is 304 g/mol. The van der Waals surface area contributed by atoms with Gasteiger partial charge in [0.1, 0.15) is 0 Å². The Morgan fingerprint density at radius 3 is 2.54 bits per heavy atom. The molecule has 0 aliphatic heterocycles. The summed E-state index contributed by atoms with van der Waals surface area (Å²) in [4.78, 5) is 12.2. The normalized spacial score (nSPS) is 12.9. The summed E-state index contributed by atoms with van der Waals surface area (Å²) in [5.41, 5.74) is 2.54. The van der Waals surface area contributed by atoms with Crippen LogP contribution < -0.4 is 5.32 Å². The van der Waals surface area contributed by atoms with Gasteiger partial charge in [0.05, 0.1) is 0 Å². The highest BCUT2D eigenvalue weighted by Gasteiger charge is 2.17. The molecule has 0 fully saturated rings. The van der Waals surface area contributed by atoms with Crippen LogP contribution in [0.25, 0.3) is 11.3 Å². The van der Waals surface area contributed by atoms with Crippen LogP contribution in [0.4, 0.5) is 0 Å². The van der Waals surface area contributed by atoms with Gasteiger partial charge >= 0.3 is 0 Å². The van der Waals surface area contributed by atoms with E-state index in [0.717, 1.165) is 12.0 Å². The molecule has 1 aromatic heterocycles. The van der Waals surface area contributed by atoms with E-state index in [-0.39, 0.29) is 23.1 Å². The Morgan fingerprint density at radius 1 is 1.29 bits per heavy atom. The third-order valence-electron chi connectivity index (χ3n) is 3.91. The number of hydrogen-bond donors (Lipinski definition) is 1. The first-order valence-electron chi connectivity index (χ1n) is 8.18. The number of hydrogen-bond acceptors (Lipinski definition) is 4. The van der Waals surface area contributed by atoms with Crippen LogP contribution in [-0.4, -0.2) is 30.8 Å². The smallest absolute Gasteiger partial charge is 0.273 e. The first-order chi connectivity index (χ1) is 11.3. The Kier molecular flexibility index (Phi) is 5.78. The van der Waals surface area contributed by atoms with Gasteiger partial charge < -0.3 is 14.6 Å². The average molecular weight is 330 g/mol. The lowest BCUT2D eigenvalue weighted by Crippen LogP contribution is -2.33. The summed E-state index contributed by atoms with van der Waals surface area (Å²) in [6, 6.07) is 9.82. The summed E-state index contributed by atoms with van der Waals surface area (Å²) in [6.45, 7) is 9.05. The Balaban J connectivity index is 2.06. The fourth-order valence-electron chi connectivity index (χ4n) is 2.32. The van der Waals surface area contributed by atoms with Gasteiger partial charge in [-0.1, -0.05) is 50.2 Å². The number of nitrogens with zero attached hydrogens (tertiary/aromatic N) is 1. The molecule has 130 valence electrons. The quantitative estimate of drug-likeness (QED) is 0.875. The van der Waals surface area contributed by atoms with Gasteiger partial charge in [-0.25, -0.2) is 0 Å². The van der Waals surface area contributed by atoms with Crippen molar-refractivity contribution in [3.05, 3.63) is 41.6 Å². The summed E-state index contributed by atoms with van der Waals surface area (Å²) in [5.74, 6) is 0.352. The van der Waals surface area contributed by atoms with E-state index < -0.39 is 0 Å². The number of ether oxygens (including phenoxy) is 1. The Hall–Kier alpha value is -2.14. The molecule has 0 saturated heterocycles. The molecular formula is C19H26N2O3. The van der Waals surface area contributed by atoms with Crippen molar-refractivity contribution in [3.63, 3.8) is 0 Å². The van der Waals surface area contributed by atoms with Crippen molar-refractivity contribution < 1.29 is 14.1 Å². The zero-order valence-corrected chi connectivity index (χ0v) is 15.1. The number of methoxy groups -OCH3 is 1. The monoisotopic (exact) mass is 330 g/mol. The molecule has 1 amide bonds. The molecule has 0 aliphatic rings. The second-order valence-electron chi connectivity index (χ2n) is 7.06. The lowest BCUT2D eigenvalue weighted by Gasteiger charge is -2.18. The molecule has 0 radical (unpaired) electrons. The summed E-state index contributed by atoms with van der Waals surface area (Å²) in [6.07, 6.45) is 0.751. The first kappa shape index (κ1) is 18.2. The van der Waals surface area contributed by atoms with Crippen LogP contribution in [-0.2, 0) is 10.2 Å². The fourth-order valence-corrected chi connectivity index (χ4v) is 2.32. The maximum Gasteiger partial charge on any atom is 0.273 e. The second kappa shape index (κ2) is 7.62. The van der Waals surface area contributed by atoms with Crippen molar-refractivity contribution in [2.24, 2.45) is 0 Å². The number of aromatic nitrogens is 1. The number of carbonyl (C=O) groups is 1. The third-order valence-corrected chi connectivity index (χ3v) is 3.91. The summed E-state index contributed by atoms with van der Waals surface area (Å²) in [5, 5.41) is 6.76. The molecule has 1 heterocycles. The highest BCUT2D eigenvalue weighted by molar-refractivity contribution is 5.93. The van der Waals surface area contributed by atoms with Gasteiger partial charge in [-0.3, -0.25) is 4.79 Å². The highest BCUT2D eigenvalue weighted by atomic mass is 16.5. The minimum Gasteiger partial charge on any atom is -0.385 e.